The molecule has 0 radical (unpaired) electrons. The number of aryl methyl sites for hydroxylation is 1. The molecule has 0 aliphatic heterocycles. The van der Waals surface area contributed by atoms with Crippen LogP contribution >= 0.6 is 0 Å². The summed E-state index contributed by atoms with van der Waals surface area (Å²) >= 11 is 0. The van der Waals surface area contributed by atoms with Gasteiger partial charge in [0.05, 0.1) is 23.8 Å². The Morgan fingerprint density at radius 3 is 2.26 bits per heavy atom. The van der Waals surface area contributed by atoms with E-state index in [9.17, 15) is 8.42 Å². The molecule has 10 heteroatoms. The fraction of sp³-hybridized carbons (Fsp3) is 0.524. The number of nitrogen functional groups attached to an aromatic ring is 1. The Hall–Kier alpha value is -2.43. The van der Waals surface area contributed by atoms with Gasteiger partial charge in [0.15, 0.2) is 21.5 Å². The molecule has 3 N–H and O–H groups in total. The normalized spacial score (nSPS) is 11.7. The zero-order valence-electron chi connectivity index (χ0n) is 19.1. The summed E-state index contributed by atoms with van der Waals surface area (Å²) in [6.07, 6.45) is 1.19. The number of ether oxygens (including phenoxy) is 2. The third-order valence-corrected chi connectivity index (χ3v) is 5.93. The minimum absolute atomic E-state index is 0.197. The lowest BCUT2D eigenvalue weighted by molar-refractivity contribution is 0.190. The second kappa shape index (κ2) is 10.7. The first kappa shape index (κ1) is 24.8. The summed E-state index contributed by atoms with van der Waals surface area (Å²) in [5.41, 5.74) is 8.10. The quantitative estimate of drug-likeness (QED) is 0.531. The van der Waals surface area contributed by atoms with E-state index in [2.05, 4.69) is 15.3 Å². The molecule has 172 valence electrons. The summed E-state index contributed by atoms with van der Waals surface area (Å²) in [5, 5.41) is 3.12. The molecular formula is C21H33N5O4S. The standard InChI is InChI=1S/C21H33N5O4S/c1-14(2)16-7-8-17(18(13-16)31(6,27)28)25-20-19(22)21(24-15(3)23-20)26(9-11-29-4)10-12-30-5/h7-8,13-14H,9-12,22H2,1-6H3,(H,23,24,25). The Balaban J connectivity index is 2.51. The van der Waals surface area contributed by atoms with Crippen molar-refractivity contribution in [2.24, 2.45) is 0 Å². The molecule has 0 atom stereocenters. The van der Waals surface area contributed by atoms with Gasteiger partial charge < -0.3 is 25.4 Å². The minimum atomic E-state index is -3.47. The summed E-state index contributed by atoms with van der Waals surface area (Å²) in [5.74, 6) is 1.60. The fourth-order valence-corrected chi connectivity index (χ4v) is 3.93. The second-order valence-corrected chi connectivity index (χ2v) is 9.62. The van der Waals surface area contributed by atoms with Crippen LogP contribution in [-0.4, -0.2) is 65.2 Å². The second-order valence-electron chi connectivity index (χ2n) is 7.64. The molecule has 1 heterocycles. The van der Waals surface area contributed by atoms with Crippen molar-refractivity contribution in [1.82, 2.24) is 9.97 Å². The highest BCUT2D eigenvalue weighted by molar-refractivity contribution is 7.90. The number of anilines is 4. The summed E-state index contributed by atoms with van der Waals surface area (Å²) < 4.78 is 35.3. The zero-order chi connectivity index (χ0) is 23.2. The van der Waals surface area contributed by atoms with Gasteiger partial charge in [-0.05, 0) is 30.5 Å². The van der Waals surface area contributed by atoms with Gasteiger partial charge in [-0.2, -0.15) is 0 Å². The number of rotatable bonds is 11. The third-order valence-electron chi connectivity index (χ3n) is 4.79. The molecule has 0 saturated carbocycles. The lowest BCUT2D eigenvalue weighted by Crippen LogP contribution is -2.32. The number of hydrogen-bond donors (Lipinski definition) is 2. The zero-order valence-corrected chi connectivity index (χ0v) is 19.9. The molecule has 0 aliphatic carbocycles. The van der Waals surface area contributed by atoms with Crippen LogP contribution in [0.3, 0.4) is 0 Å². The summed E-state index contributed by atoms with van der Waals surface area (Å²) in [4.78, 5) is 11.1. The topological polar surface area (TPSA) is 120 Å². The van der Waals surface area contributed by atoms with Gasteiger partial charge in [-0.1, -0.05) is 19.9 Å². The molecule has 0 saturated heterocycles. The Labute approximate surface area is 184 Å². The maximum atomic E-state index is 12.4. The van der Waals surface area contributed by atoms with Gasteiger partial charge in [0, 0.05) is 33.6 Å². The summed E-state index contributed by atoms with van der Waals surface area (Å²) in [6.45, 7) is 7.91. The van der Waals surface area contributed by atoms with E-state index in [1.54, 1.807) is 33.3 Å². The highest BCUT2D eigenvalue weighted by atomic mass is 32.2. The van der Waals surface area contributed by atoms with E-state index in [0.717, 1.165) is 5.56 Å². The van der Waals surface area contributed by atoms with Crippen LogP contribution in [0.25, 0.3) is 0 Å². The molecule has 0 bridgehead atoms. The van der Waals surface area contributed by atoms with Crippen molar-refractivity contribution in [3.05, 3.63) is 29.6 Å². The van der Waals surface area contributed by atoms with Crippen LogP contribution in [0.15, 0.2) is 23.1 Å². The van der Waals surface area contributed by atoms with E-state index in [4.69, 9.17) is 15.2 Å². The minimum Gasteiger partial charge on any atom is -0.393 e. The van der Waals surface area contributed by atoms with Gasteiger partial charge in [-0.15, -0.1) is 0 Å². The number of benzene rings is 1. The number of nitrogens with two attached hydrogens (primary N) is 1. The largest absolute Gasteiger partial charge is 0.393 e. The number of nitrogens with one attached hydrogen (secondary N) is 1. The average Bonchev–Trinajstić information content (AvgIpc) is 2.70. The van der Waals surface area contributed by atoms with Crippen molar-refractivity contribution in [3.8, 4) is 0 Å². The Bertz CT molecular complexity index is 988. The molecule has 0 spiro atoms. The number of hydrogen-bond acceptors (Lipinski definition) is 9. The van der Waals surface area contributed by atoms with E-state index in [1.165, 1.54) is 6.26 Å². The molecular weight excluding hydrogens is 418 g/mol. The van der Waals surface area contributed by atoms with Crippen LogP contribution < -0.4 is 16.0 Å². The predicted octanol–water partition coefficient (Wildman–Crippen LogP) is 2.74. The monoisotopic (exact) mass is 451 g/mol. The molecule has 0 fully saturated rings. The van der Waals surface area contributed by atoms with E-state index in [-0.39, 0.29) is 10.8 Å². The van der Waals surface area contributed by atoms with E-state index in [0.29, 0.717) is 55.1 Å². The molecule has 0 amide bonds. The smallest absolute Gasteiger partial charge is 0.177 e. The molecule has 0 unspecified atom stereocenters. The van der Waals surface area contributed by atoms with Gasteiger partial charge in [0.25, 0.3) is 0 Å². The first-order valence-corrected chi connectivity index (χ1v) is 12.0. The fourth-order valence-electron chi connectivity index (χ4n) is 3.06. The van der Waals surface area contributed by atoms with Crippen LogP contribution in [0.2, 0.25) is 0 Å². The van der Waals surface area contributed by atoms with Gasteiger partial charge in [-0.3, -0.25) is 0 Å². The van der Waals surface area contributed by atoms with Crippen LogP contribution in [0.5, 0.6) is 0 Å². The lowest BCUT2D eigenvalue weighted by Gasteiger charge is -2.25. The average molecular weight is 452 g/mol. The first-order valence-electron chi connectivity index (χ1n) is 10.1. The van der Waals surface area contributed by atoms with E-state index < -0.39 is 9.84 Å². The molecule has 2 aromatic rings. The van der Waals surface area contributed by atoms with Crippen molar-refractivity contribution in [2.75, 3.05) is 62.7 Å². The highest BCUT2D eigenvalue weighted by Gasteiger charge is 2.20. The number of methoxy groups -OCH3 is 2. The molecule has 1 aromatic carbocycles. The Morgan fingerprint density at radius 2 is 1.74 bits per heavy atom. The number of aromatic nitrogens is 2. The van der Waals surface area contributed by atoms with Gasteiger partial charge in [0.1, 0.15) is 11.5 Å². The van der Waals surface area contributed by atoms with Crippen molar-refractivity contribution >= 4 is 32.8 Å². The van der Waals surface area contributed by atoms with Crippen LogP contribution in [0.1, 0.15) is 31.2 Å². The van der Waals surface area contributed by atoms with Crippen LogP contribution in [0.4, 0.5) is 23.0 Å². The number of nitrogens with zero attached hydrogens (tertiary/aromatic N) is 3. The van der Waals surface area contributed by atoms with Crippen molar-refractivity contribution < 1.29 is 17.9 Å². The van der Waals surface area contributed by atoms with Crippen molar-refractivity contribution in [1.29, 1.82) is 0 Å². The molecule has 2 rings (SSSR count). The molecule has 0 aliphatic rings. The summed E-state index contributed by atoms with van der Waals surface area (Å²) in [6, 6.07) is 5.34. The van der Waals surface area contributed by atoms with E-state index in [1.807, 2.05) is 24.8 Å². The predicted molar refractivity (Wildman–Crippen MR) is 124 cm³/mol. The maximum Gasteiger partial charge on any atom is 0.177 e. The molecule has 31 heavy (non-hydrogen) atoms. The highest BCUT2D eigenvalue weighted by Crippen LogP contribution is 2.33. The van der Waals surface area contributed by atoms with Crippen LogP contribution in [0, 0.1) is 6.92 Å². The van der Waals surface area contributed by atoms with Gasteiger partial charge >= 0.3 is 0 Å². The Morgan fingerprint density at radius 1 is 1.13 bits per heavy atom. The molecule has 1 aromatic heterocycles. The van der Waals surface area contributed by atoms with Crippen molar-refractivity contribution in [3.63, 3.8) is 0 Å². The third kappa shape index (κ3) is 6.52. The summed E-state index contributed by atoms with van der Waals surface area (Å²) in [7, 11) is -0.216. The first-order chi connectivity index (χ1) is 14.6. The Kier molecular flexibility index (Phi) is 8.60. The van der Waals surface area contributed by atoms with Gasteiger partial charge in [-0.25, -0.2) is 18.4 Å². The SMILES string of the molecule is COCCN(CCOC)c1nc(C)nc(Nc2ccc(C(C)C)cc2S(C)(=O)=O)c1N. The van der Waals surface area contributed by atoms with E-state index >= 15 is 0 Å². The van der Waals surface area contributed by atoms with Crippen molar-refractivity contribution in [2.45, 2.75) is 31.6 Å². The molecule has 9 nitrogen and oxygen atoms in total. The van der Waals surface area contributed by atoms with Crippen LogP contribution in [-0.2, 0) is 19.3 Å². The van der Waals surface area contributed by atoms with Gasteiger partial charge in [0.2, 0.25) is 0 Å². The number of sulfone groups is 1. The maximum absolute atomic E-state index is 12.4. The lowest BCUT2D eigenvalue weighted by atomic mass is 10.0.